The van der Waals surface area contributed by atoms with Crippen molar-refractivity contribution in [2.75, 3.05) is 6.54 Å². The van der Waals surface area contributed by atoms with Crippen LogP contribution in [-0.4, -0.2) is 6.54 Å². The van der Waals surface area contributed by atoms with E-state index in [-0.39, 0.29) is 0 Å². The van der Waals surface area contributed by atoms with E-state index in [2.05, 4.69) is 36.4 Å². The molecule has 1 heteroatoms. The van der Waals surface area contributed by atoms with Gasteiger partial charge >= 0.3 is 0 Å². The molecule has 0 saturated heterocycles. The molecule has 0 spiro atoms. The first-order chi connectivity index (χ1) is 6.92. The minimum atomic E-state index is 0.762. The SMILES string of the molecule is NCCC=CCC1Cc2ccccc21. The first-order valence-electron chi connectivity index (χ1n) is 5.34. The number of hydrogen-bond acceptors (Lipinski definition) is 1. The van der Waals surface area contributed by atoms with Gasteiger partial charge in [0, 0.05) is 0 Å². The summed E-state index contributed by atoms with van der Waals surface area (Å²) in [6.07, 6.45) is 7.91. The lowest BCUT2D eigenvalue weighted by Crippen LogP contribution is -2.15. The molecule has 1 atom stereocenters. The van der Waals surface area contributed by atoms with Crippen molar-refractivity contribution in [3.8, 4) is 0 Å². The van der Waals surface area contributed by atoms with Gasteiger partial charge in [-0.05, 0) is 42.9 Å². The summed E-state index contributed by atoms with van der Waals surface area (Å²) in [7, 11) is 0. The van der Waals surface area contributed by atoms with Crippen LogP contribution in [0.1, 0.15) is 29.9 Å². The first kappa shape index (κ1) is 9.47. The van der Waals surface area contributed by atoms with Crippen LogP contribution in [-0.2, 0) is 6.42 Å². The average Bonchev–Trinajstić information content (AvgIpc) is 2.19. The summed E-state index contributed by atoms with van der Waals surface area (Å²) in [4.78, 5) is 0. The fourth-order valence-corrected chi connectivity index (χ4v) is 2.05. The Hall–Kier alpha value is -1.08. The molecular formula is C13H17N. The molecule has 0 saturated carbocycles. The van der Waals surface area contributed by atoms with Gasteiger partial charge in [0.25, 0.3) is 0 Å². The van der Waals surface area contributed by atoms with Gasteiger partial charge in [0.05, 0.1) is 0 Å². The molecule has 1 unspecified atom stereocenters. The summed E-state index contributed by atoms with van der Waals surface area (Å²) in [5.41, 5.74) is 8.50. The molecule has 0 amide bonds. The number of hydrogen-bond donors (Lipinski definition) is 1. The van der Waals surface area contributed by atoms with Crippen molar-refractivity contribution < 1.29 is 0 Å². The summed E-state index contributed by atoms with van der Waals surface area (Å²) in [5.74, 6) is 0.764. The molecule has 2 N–H and O–H groups in total. The number of nitrogens with two attached hydrogens (primary N) is 1. The van der Waals surface area contributed by atoms with Crippen molar-refractivity contribution in [3.05, 3.63) is 47.5 Å². The van der Waals surface area contributed by atoms with Crippen LogP contribution in [0.15, 0.2) is 36.4 Å². The minimum absolute atomic E-state index is 0.762. The molecule has 0 aliphatic heterocycles. The molecule has 2 rings (SSSR count). The summed E-state index contributed by atoms with van der Waals surface area (Å²) < 4.78 is 0. The second kappa shape index (κ2) is 4.43. The van der Waals surface area contributed by atoms with Crippen LogP contribution < -0.4 is 5.73 Å². The third kappa shape index (κ3) is 1.88. The fourth-order valence-electron chi connectivity index (χ4n) is 2.05. The monoisotopic (exact) mass is 187 g/mol. The Balaban J connectivity index is 1.87. The van der Waals surface area contributed by atoms with Crippen LogP contribution in [0.3, 0.4) is 0 Å². The molecule has 14 heavy (non-hydrogen) atoms. The Kier molecular flexibility index (Phi) is 3.00. The molecule has 1 aromatic rings. The zero-order chi connectivity index (χ0) is 9.80. The Labute approximate surface area is 85.6 Å². The average molecular weight is 187 g/mol. The molecule has 0 aromatic heterocycles. The predicted octanol–water partition coefficient (Wildman–Crippen LogP) is 2.62. The molecule has 0 radical (unpaired) electrons. The van der Waals surface area contributed by atoms with Crippen LogP contribution in [0.4, 0.5) is 0 Å². The van der Waals surface area contributed by atoms with Crippen LogP contribution in [0.2, 0.25) is 0 Å². The standard InChI is InChI=1S/C13H17N/c14-9-5-1-2-6-11-10-12-7-3-4-8-13(11)12/h1-4,7-8,11H,5-6,9-10,14H2. The van der Waals surface area contributed by atoms with Gasteiger partial charge in [-0.1, -0.05) is 36.4 Å². The Morgan fingerprint density at radius 3 is 2.93 bits per heavy atom. The summed E-state index contributed by atoms with van der Waals surface area (Å²) >= 11 is 0. The lowest BCUT2D eigenvalue weighted by molar-refractivity contribution is 0.615. The Morgan fingerprint density at radius 2 is 2.14 bits per heavy atom. The second-order valence-electron chi connectivity index (χ2n) is 3.88. The zero-order valence-electron chi connectivity index (χ0n) is 8.45. The maximum Gasteiger partial charge on any atom is -0.00426 e. The number of fused-ring (bicyclic) bond motifs is 1. The van der Waals surface area contributed by atoms with E-state index >= 15 is 0 Å². The van der Waals surface area contributed by atoms with Crippen molar-refractivity contribution in [2.45, 2.75) is 25.2 Å². The molecule has 1 nitrogen and oxygen atoms in total. The van der Waals surface area contributed by atoms with Gasteiger partial charge in [0.1, 0.15) is 0 Å². The molecule has 0 heterocycles. The molecule has 1 aromatic carbocycles. The largest absolute Gasteiger partial charge is 0.330 e. The highest BCUT2D eigenvalue weighted by atomic mass is 14.5. The fraction of sp³-hybridized carbons (Fsp3) is 0.385. The molecular weight excluding hydrogens is 170 g/mol. The lowest BCUT2D eigenvalue weighted by Gasteiger charge is -2.29. The summed E-state index contributed by atoms with van der Waals surface area (Å²) in [6, 6.07) is 8.74. The highest BCUT2D eigenvalue weighted by Gasteiger charge is 2.23. The zero-order valence-corrected chi connectivity index (χ0v) is 8.45. The quantitative estimate of drug-likeness (QED) is 0.720. The highest BCUT2D eigenvalue weighted by molar-refractivity contribution is 5.40. The van der Waals surface area contributed by atoms with Gasteiger partial charge in [-0.15, -0.1) is 0 Å². The molecule has 1 aliphatic rings. The van der Waals surface area contributed by atoms with E-state index in [4.69, 9.17) is 5.73 Å². The van der Waals surface area contributed by atoms with E-state index in [1.54, 1.807) is 5.56 Å². The first-order valence-corrected chi connectivity index (χ1v) is 5.34. The van der Waals surface area contributed by atoms with Gasteiger partial charge < -0.3 is 5.73 Å². The minimum Gasteiger partial charge on any atom is -0.330 e. The summed E-state index contributed by atoms with van der Waals surface area (Å²) in [6.45, 7) is 0.762. The van der Waals surface area contributed by atoms with Crippen LogP contribution in [0.5, 0.6) is 0 Å². The van der Waals surface area contributed by atoms with E-state index in [9.17, 15) is 0 Å². The van der Waals surface area contributed by atoms with E-state index in [0.717, 1.165) is 18.9 Å². The third-order valence-corrected chi connectivity index (χ3v) is 2.88. The van der Waals surface area contributed by atoms with Gasteiger partial charge in [-0.3, -0.25) is 0 Å². The van der Waals surface area contributed by atoms with Crippen molar-refractivity contribution in [3.63, 3.8) is 0 Å². The molecule has 1 aliphatic carbocycles. The van der Waals surface area contributed by atoms with Gasteiger partial charge in [-0.25, -0.2) is 0 Å². The van der Waals surface area contributed by atoms with Gasteiger partial charge in [-0.2, -0.15) is 0 Å². The third-order valence-electron chi connectivity index (χ3n) is 2.88. The van der Waals surface area contributed by atoms with Crippen molar-refractivity contribution in [1.82, 2.24) is 0 Å². The van der Waals surface area contributed by atoms with Crippen LogP contribution in [0.25, 0.3) is 0 Å². The summed E-state index contributed by atoms with van der Waals surface area (Å²) in [5, 5.41) is 0. The Bertz CT molecular complexity index is 328. The number of allylic oxidation sites excluding steroid dienone is 1. The van der Waals surface area contributed by atoms with Gasteiger partial charge in [0.15, 0.2) is 0 Å². The van der Waals surface area contributed by atoms with E-state index < -0.39 is 0 Å². The van der Waals surface area contributed by atoms with Gasteiger partial charge in [0.2, 0.25) is 0 Å². The predicted molar refractivity (Wildman–Crippen MR) is 60.3 cm³/mol. The molecule has 74 valence electrons. The second-order valence-corrected chi connectivity index (χ2v) is 3.88. The topological polar surface area (TPSA) is 26.0 Å². The van der Waals surface area contributed by atoms with Crippen molar-refractivity contribution in [1.29, 1.82) is 0 Å². The molecule has 0 bridgehead atoms. The van der Waals surface area contributed by atoms with E-state index in [0.29, 0.717) is 0 Å². The maximum absolute atomic E-state index is 5.42. The van der Waals surface area contributed by atoms with E-state index in [1.807, 2.05) is 0 Å². The molecule has 0 fully saturated rings. The van der Waals surface area contributed by atoms with Crippen LogP contribution in [0, 0.1) is 0 Å². The smallest absolute Gasteiger partial charge is 0.00426 e. The highest BCUT2D eigenvalue weighted by Crippen LogP contribution is 2.37. The maximum atomic E-state index is 5.42. The number of rotatable bonds is 4. The lowest BCUT2D eigenvalue weighted by atomic mass is 9.76. The normalized spacial score (nSPS) is 19.4. The van der Waals surface area contributed by atoms with E-state index in [1.165, 1.54) is 18.4 Å². The van der Waals surface area contributed by atoms with Crippen molar-refractivity contribution >= 4 is 0 Å². The van der Waals surface area contributed by atoms with Crippen LogP contribution >= 0.6 is 0 Å². The Morgan fingerprint density at radius 1 is 1.29 bits per heavy atom. The number of benzene rings is 1. The van der Waals surface area contributed by atoms with Crippen molar-refractivity contribution in [2.24, 2.45) is 5.73 Å².